The Morgan fingerprint density at radius 1 is 0.575 bits per heavy atom. The normalized spacial score (nSPS) is 34.2. The van der Waals surface area contributed by atoms with E-state index in [1.165, 1.54) is 9.80 Å². The van der Waals surface area contributed by atoms with Crippen LogP contribution in [0.15, 0.2) is 71.0 Å². The summed E-state index contributed by atoms with van der Waals surface area (Å²) in [5.41, 5.74) is 3.08. The van der Waals surface area contributed by atoms with E-state index in [1.807, 2.05) is 12.2 Å². The number of amides is 4. The van der Waals surface area contributed by atoms with Crippen LogP contribution in [-0.2, 0) is 19.2 Å². The lowest BCUT2D eigenvalue weighted by Crippen LogP contribution is -2.63. The van der Waals surface area contributed by atoms with E-state index in [2.05, 4.69) is 10.3 Å². The quantitative estimate of drug-likeness (QED) is 0.202. The van der Waals surface area contributed by atoms with Crippen LogP contribution in [0.1, 0.15) is 25.0 Å². The molecule has 0 radical (unpaired) electrons. The third-order valence-electron chi connectivity index (χ3n) is 9.73. The van der Waals surface area contributed by atoms with Gasteiger partial charge in [-0.3, -0.25) is 29.0 Å². The molecule has 4 amide bonds. The Balaban J connectivity index is 1.18. The van der Waals surface area contributed by atoms with Crippen LogP contribution < -0.4 is 9.80 Å². The van der Waals surface area contributed by atoms with Crippen molar-refractivity contribution in [1.29, 1.82) is 0 Å². The second-order valence-electron chi connectivity index (χ2n) is 11.3. The maximum atomic E-state index is 13.7. The van der Waals surface area contributed by atoms with Crippen LogP contribution in [0.5, 0.6) is 0 Å². The van der Waals surface area contributed by atoms with Crippen LogP contribution in [0.2, 0.25) is 0 Å². The summed E-state index contributed by atoms with van der Waals surface area (Å²) in [6, 6.07) is 13.5. The van der Waals surface area contributed by atoms with Crippen molar-refractivity contribution in [3.63, 3.8) is 0 Å². The van der Waals surface area contributed by atoms with Crippen molar-refractivity contribution in [1.82, 2.24) is 0 Å². The third-order valence-corrected chi connectivity index (χ3v) is 9.73. The summed E-state index contributed by atoms with van der Waals surface area (Å²) in [7, 11) is 0. The van der Waals surface area contributed by atoms with Crippen molar-refractivity contribution in [2.45, 2.75) is 13.8 Å². The van der Waals surface area contributed by atoms with Gasteiger partial charge in [-0.25, -0.2) is 0 Å². The number of imide groups is 2. The smallest absolute Gasteiger partial charge is 0.238 e. The van der Waals surface area contributed by atoms with E-state index in [1.54, 1.807) is 62.4 Å². The van der Waals surface area contributed by atoms with E-state index < -0.39 is 23.7 Å². The first kappa shape index (κ1) is 24.4. The number of nitrogens with zero attached hydrogens (tertiary/aromatic N) is 4. The lowest BCUT2D eigenvalue weighted by Gasteiger charge is -2.60. The van der Waals surface area contributed by atoms with Crippen LogP contribution in [0.25, 0.3) is 0 Å². The molecule has 8 rings (SSSR count). The molecule has 40 heavy (non-hydrogen) atoms. The summed E-state index contributed by atoms with van der Waals surface area (Å²) in [6.07, 6.45) is 3.96. The summed E-state index contributed by atoms with van der Waals surface area (Å²) < 4.78 is 0. The molecule has 2 N–H and O–H groups in total. The molecule has 0 unspecified atom stereocenters. The van der Waals surface area contributed by atoms with E-state index in [4.69, 9.17) is 10.4 Å². The molecule has 10 nitrogen and oxygen atoms in total. The van der Waals surface area contributed by atoms with Gasteiger partial charge in [0, 0.05) is 0 Å². The molecule has 4 aliphatic carbocycles. The number of carbonyl (C=O) groups excluding carboxylic acids is 4. The first-order valence-electron chi connectivity index (χ1n) is 13.3. The summed E-state index contributed by atoms with van der Waals surface area (Å²) >= 11 is 0. The highest BCUT2D eigenvalue weighted by Gasteiger charge is 2.75. The molecular formula is C30H26N4O6. The van der Waals surface area contributed by atoms with Gasteiger partial charge < -0.3 is 10.4 Å². The van der Waals surface area contributed by atoms with Crippen LogP contribution in [0.3, 0.4) is 0 Å². The second kappa shape index (κ2) is 8.45. The average Bonchev–Trinajstić information content (AvgIpc) is 3.35. The van der Waals surface area contributed by atoms with Gasteiger partial charge in [-0.2, -0.15) is 0 Å². The van der Waals surface area contributed by atoms with E-state index in [9.17, 15) is 19.2 Å². The number of allylic oxidation sites excluding steroid dienone is 2. The van der Waals surface area contributed by atoms with Crippen molar-refractivity contribution in [3.05, 3.63) is 71.8 Å². The zero-order valence-corrected chi connectivity index (χ0v) is 21.7. The van der Waals surface area contributed by atoms with Crippen LogP contribution in [0.4, 0.5) is 11.4 Å². The Kier molecular flexibility index (Phi) is 5.16. The maximum absolute atomic E-state index is 13.7. The van der Waals surface area contributed by atoms with Crippen molar-refractivity contribution >= 4 is 46.4 Å². The molecule has 8 atom stereocenters. The van der Waals surface area contributed by atoms with Crippen LogP contribution in [0, 0.1) is 47.3 Å². The fourth-order valence-corrected chi connectivity index (χ4v) is 7.93. The molecule has 202 valence electrons. The fourth-order valence-electron chi connectivity index (χ4n) is 7.93. The first-order valence-corrected chi connectivity index (χ1v) is 13.3. The third kappa shape index (κ3) is 2.98. The number of rotatable bonds is 4. The number of fused-ring (bicyclic) bond motifs is 1. The predicted molar refractivity (Wildman–Crippen MR) is 143 cm³/mol. The van der Waals surface area contributed by atoms with Gasteiger partial charge in [-0.15, -0.1) is 0 Å². The summed E-state index contributed by atoms with van der Waals surface area (Å²) in [5, 5.41) is 24.5. The Morgan fingerprint density at radius 3 is 1.23 bits per heavy atom. The van der Waals surface area contributed by atoms with Gasteiger partial charge in [0.15, 0.2) is 0 Å². The fraction of sp³-hybridized carbons (Fsp3) is 0.333. The van der Waals surface area contributed by atoms with Gasteiger partial charge in [0.25, 0.3) is 0 Å². The molecule has 2 saturated heterocycles. The second-order valence-corrected chi connectivity index (χ2v) is 11.3. The number of anilines is 2. The molecule has 10 heteroatoms. The molecule has 2 aliphatic heterocycles. The molecule has 2 saturated carbocycles. The molecule has 2 bridgehead atoms. The number of carbonyl (C=O) groups is 4. The highest BCUT2D eigenvalue weighted by atomic mass is 16.4. The lowest BCUT2D eigenvalue weighted by molar-refractivity contribution is -0.166. The van der Waals surface area contributed by atoms with E-state index in [0.29, 0.717) is 33.9 Å². The SMILES string of the molecule is CC(=NO)c1ccc(N2C(=O)[C@@H]3[C@H]4C=C[C@@H]([C@@H]3C2=O)[C@@H]2[C@@H]3C(=O)N(c5ccc(C(C)=NO)cc5)C(=O)[C@@H]3[C@@H]42)cc1. The van der Waals surface area contributed by atoms with Gasteiger partial charge in [0.2, 0.25) is 23.6 Å². The van der Waals surface area contributed by atoms with Gasteiger partial charge in [-0.1, -0.05) is 46.7 Å². The Labute approximate surface area is 229 Å². The van der Waals surface area contributed by atoms with Crippen LogP contribution >= 0.6 is 0 Å². The Hall–Kier alpha value is -4.60. The summed E-state index contributed by atoms with van der Waals surface area (Å²) in [4.78, 5) is 57.3. The summed E-state index contributed by atoms with van der Waals surface area (Å²) in [6.45, 7) is 3.30. The largest absolute Gasteiger partial charge is 0.411 e. The average molecular weight is 539 g/mol. The van der Waals surface area contributed by atoms with Crippen molar-refractivity contribution in [3.8, 4) is 0 Å². The maximum Gasteiger partial charge on any atom is 0.238 e. The number of oxime groups is 2. The minimum absolute atomic E-state index is 0.173. The van der Waals surface area contributed by atoms with Crippen molar-refractivity contribution < 1.29 is 29.6 Å². The number of hydrogen-bond donors (Lipinski definition) is 2. The minimum atomic E-state index is -0.568. The van der Waals surface area contributed by atoms with E-state index in [0.717, 1.165) is 0 Å². The van der Waals surface area contributed by atoms with Crippen molar-refractivity contribution in [2.24, 2.45) is 57.7 Å². The van der Waals surface area contributed by atoms with E-state index in [-0.39, 0.29) is 47.3 Å². The summed E-state index contributed by atoms with van der Waals surface area (Å²) in [5.74, 6) is -4.20. The minimum Gasteiger partial charge on any atom is -0.411 e. The van der Waals surface area contributed by atoms with Gasteiger partial charge in [0.05, 0.1) is 46.5 Å². The molecule has 0 spiro atoms. The standard InChI is InChI=1S/C30H26N4O6/c1-13(31-39)15-3-7-17(8-4-15)33-27(35)23-19-11-12-20(24(23)28(33)36)22-21(19)25-26(22)30(38)34(29(25)37)18-9-5-16(6-10-18)14(2)32-40/h3-12,19-26,39-40H,1-2H3/t19-,20+,21-,22-,23+,24-,25+,26-/m0/s1. The molecule has 0 aromatic heterocycles. The monoisotopic (exact) mass is 538 g/mol. The molecule has 6 aliphatic rings. The topological polar surface area (TPSA) is 140 Å². The molecule has 2 heterocycles. The molecule has 2 aromatic carbocycles. The van der Waals surface area contributed by atoms with Gasteiger partial charge in [0.1, 0.15) is 0 Å². The van der Waals surface area contributed by atoms with Crippen molar-refractivity contribution in [2.75, 3.05) is 9.80 Å². The van der Waals surface area contributed by atoms with Gasteiger partial charge in [-0.05, 0) is 72.9 Å². The zero-order chi connectivity index (χ0) is 28.0. The highest BCUT2D eigenvalue weighted by Crippen LogP contribution is 2.68. The Bertz CT molecular complexity index is 1520. The lowest BCUT2D eigenvalue weighted by atomic mass is 9.40. The molecular weight excluding hydrogens is 512 g/mol. The van der Waals surface area contributed by atoms with E-state index >= 15 is 0 Å². The molecule has 2 aromatic rings. The highest BCUT2D eigenvalue weighted by molar-refractivity contribution is 6.25. The number of hydrogen-bond acceptors (Lipinski definition) is 8. The zero-order valence-electron chi connectivity index (χ0n) is 21.7. The van der Waals surface area contributed by atoms with Crippen LogP contribution in [-0.4, -0.2) is 45.5 Å². The Morgan fingerprint density at radius 2 is 0.900 bits per heavy atom. The first-order chi connectivity index (χ1) is 19.3. The predicted octanol–water partition coefficient (Wildman–Crippen LogP) is 3.06. The molecule has 4 fully saturated rings. The van der Waals surface area contributed by atoms with Gasteiger partial charge >= 0.3 is 0 Å². The number of benzene rings is 2.